The summed E-state index contributed by atoms with van der Waals surface area (Å²) < 4.78 is 27.0. The van der Waals surface area contributed by atoms with Crippen molar-refractivity contribution in [3.63, 3.8) is 0 Å². The average Bonchev–Trinajstić information content (AvgIpc) is 3.61. The number of aromatic nitrogens is 5. The first-order valence-corrected chi connectivity index (χ1v) is 14.2. The van der Waals surface area contributed by atoms with Crippen molar-refractivity contribution in [3.05, 3.63) is 48.7 Å². The minimum absolute atomic E-state index is 0.000369. The maximum atomic E-state index is 6.19. The fourth-order valence-electron chi connectivity index (χ4n) is 5.43. The van der Waals surface area contributed by atoms with Gasteiger partial charge in [0.15, 0.2) is 18.3 Å². The van der Waals surface area contributed by atoms with Gasteiger partial charge in [-0.25, -0.2) is 9.36 Å². The zero-order valence-corrected chi connectivity index (χ0v) is 22.5. The van der Waals surface area contributed by atoms with Crippen molar-refractivity contribution >= 4 is 22.5 Å². The first-order chi connectivity index (χ1) is 19.6. The van der Waals surface area contributed by atoms with Crippen molar-refractivity contribution in [2.75, 3.05) is 38.4 Å². The Bertz CT molecular complexity index is 1450. The van der Waals surface area contributed by atoms with Gasteiger partial charge in [-0.3, -0.25) is 0 Å². The molecule has 40 heavy (non-hydrogen) atoms. The SMILES string of the molecule is NC1(COc2ccc(-c3nc(Nc4ccc5c(cnn5C5CCCCO5)c4)n(C4CCCCO4)n3)cc2)COC1. The van der Waals surface area contributed by atoms with E-state index in [2.05, 4.69) is 22.5 Å². The molecular weight excluding hydrogens is 510 g/mol. The summed E-state index contributed by atoms with van der Waals surface area (Å²) in [5, 5.41) is 14.0. The number of hydrogen-bond donors (Lipinski definition) is 2. The molecule has 0 amide bonds. The van der Waals surface area contributed by atoms with Crippen molar-refractivity contribution in [3.8, 4) is 17.1 Å². The number of hydrogen-bond acceptors (Lipinski definition) is 9. The Morgan fingerprint density at radius 1 is 0.950 bits per heavy atom. The molecule has 0 spiro atoms. The van der Waals surface area contributed by atoms with Gasteiger partial charge in [-0.1, -0.05) is 0 Å². The molecular formula is C29H35N7O4. The molecule has 4 aromatic rings. The van der Waals surface area contributed by atoms with Crippen LogP contribution in [0.4, 0.5) is 11.6 Å². The average molecular weight is 546 g/mol. The highest BCUT2D eigenvalue weighted by atomic mass is 16.5. The number of nitrogens with zero attached hydrogens (tertiary/aromatic N) is 5. The number of rotatable bonds is 8. The molecule has 2 unspecified atom stereocenters. The third kappa shape index (κ3) is 5.17. The number of nitrogens with two attached hydrogens (primary N) is 1. The van der Waals surface area contributed by atoms with Crippen LogP contribution < -0.4 is 15.8 Å². The van der Waals surface area contributed by atoms with Gasteiger partial charge >= 0.3 is 0 Å². The standard InChI is InChI=1S/C29H35N7O4/c30-29(17-37-18-29)19-40-23-10-7-20(8-11-23)27-33-28(36(34-27)26-6-2-4-14-39-26)32-22-9-12-24-21(15-22)16-31-35(24)25-5-1-3-13-38-25/h7-12,15-16,25-26H,1-6,13-14,17-19,30H2,(H,32,33,34). The van der Waals surface area contributed by atoms with Gasteiger partial charge in [0.2, 0.25) is 5.95 Å². The van der Waals surface area contributed by atoms with E-state index in [1.54, 1.807) is 0 Å². The largest absolute Gasteiger partial charge is 0.491 e. The Kier molecular flexibility index (Phi) is 6.88. The predicted octanol–water partition coefficient (Wildman–Crippen LogP) is 4.54. The van der Waals surface area contributed by atoms with Crippen LogP contribution in [0.2, 0.25) is 0 Å². The Balaban J connectivity index is 1.13. The highest BCUT2D eigenvalue weighted by molar-refractivity contribution is 5.83. The molecule has 2 aromatic heterocycles. The van der Waals surface area contributed by atoms with Crippen molar-refractivity contribution in [1.82, 2.24) is 24.5 Å². The number of anilines is 2. The van der Waals surface area contributed by atoms with Crippen LogP contribution in [0.3, 0.4) is 0 Å². The lowest BCUT2D eigenvalue weighted by Crippen LogP contribution is -2.61. The molecule has 3 saturated heterocycles. The minimum atomic E-state index is -0.398. The van der Waals surface area contributed by atoms with E-state index in [1.807, 2.05) is 45.9 Å². The third-order valence-electron chi connectivity index (χ3n) is 7.76. The number of ether oxygens (including phenoxy) is 4. The molecule has 3 fully saturated rings. The highest BCUT2D eigenvalue weighted by Crippen LogP contribution is 2.32. The monoisotopic (exact) mass is 545 g/mol. The fraction of sp³-hybridized carbons (Fsp3) is 0.483. The second-order valence-corrected chi connectivity index (χ2v) is 11.0. The van der Waals surface area contributed by atoms with Gasteiger partial charge in [0.05, 0.1) is 30.5 Å². The molecule has 7 rings (SSSR count). The summed E-state index contributed by atoms with van der Waals surface area (Å²) in [6, 6.07) is 14.0. The quantitative estimate of drug-likeness (QED) is 0.328. The van der Waals surface area contributed by atoms with Crippen LogP contribution in [0.5, 0.6) is 5.75 Å². The molecule has 11 heteroatoms. The molecule has 2 aromatic carbocycles. The lowest BCUT2D eigenvalue weighted by Gasteiger charge is -2.37. The van der Waals surface area contributed by atoms with E-state index in [1.165, 1.54) is 0 Å². The van der Waals surface area contributed by atoms with Crippen LogP contribution in [0.1, 0.15) is 51.0 Å². The molecule has 0 bridgehead atoms. The predicted molar refractivity (Wildman–Crippen MR) is 149 cm³/mol. The summed E-state index contributed by atoms with van der Waals surface area (Å²) in [5.74, 6) is 2.01. The van der Waals surface area contributed by atoms with Crippen LogP contribution in [0, 0.1) is 0 Å². The normalized spacial score (nSPS) is 22.6. The Morgan fingerprint density at radius 2 is 1.70 bits per heavy atom. The second kappa shape index (κ2) is 10.8. The van der Waals surface area contributed by atoms with Gasteiger partial charge < -0.3 is 30.0 Å². The molecule has 0 aliphatic carbocycles. The Labute approximate surface area is 232 Å². The highest BCUT2D eigenvalue weighted by Gasteiger charge is 2.35. The van der Waals surface area contributed by atoms with Gasteiger partial charge in [0, 0.05) is 29.9 Å². The van der Waals surface area contributed by atoms with Crippen LogP contribution in [-0.2, 0) is 14.2 Å². The van der Waals surface area contributed by atoms with E-state index in [0.717, 1.165) is 73.0 Å². The molecule has 0 radical (unpaired) electrons. The number of fused-ring (bicyclic) bond motifs is 1. The van der Waals surface area contributed by atoms with Crippen molar-refractivity contribution in [2.24, 2.45) is 5.73 Å². The maximum Gasteiger partial charge on any atom is 0.228 e. The van der Waals surface area contributed by atoms with Crippen LogP contribution in [-0.4, -0.2) is 63.1 Å². The van der Waals surface area contributed by atoms with Crippen LogP contribution in [0.15, 0.2) is 48.7 Å². The smallest absolute Gasteiger partial charge is 0.228 e. The molecule has 2 atom stereocenters. The van der Waals surface area contributed by atoms with Crippen molar-refractivity contribution in [2.45, 2.75) is 56.5 Å². The van der Waals surface area contributed by atoms with Gasteiger partial charge in [-0.15, -0.1) is 5.10 Å². The Hall–Kier alpha value is -3.51. The van der Waals surface area contributed by atoms with Crippen molar-refractivity contribution in [1.29, 1.82) is 0 Å². The van der Waals surface area contributed by atoms with E-state index >= 15 is 0 Å². The molecule has 5 heterocycles. The van der Waals surface area contributed by atoms with Crippen LogP contribution >= 0.6 is 0 Å². The van der Waals surface area contributed by atoms with Gasteiger partial charge in [0.25, 0.3) is 0 Å². The molecule has 3 aliphatic rings. The number of benzene rings is 2. The molecule has 3 N–H and O–H groups in total. The first kappa shape index (κ1) is 25.5. The van der Waals surface area contributed by atoms with Crippen LogP contribution in [0.25, 0.3) is 22.3 Å². The summed E-state index contributed by atoms with van der Waals surface area (Å²) in [7, 11) is 0. The maximum absolute atomic E-state index is 6.19. The third-order valence-corrected chi connectivity index (χ3v) is 7.76. The second-order valence-electron chi connectivity index (χ2n) is 11.0. The summed E-state index contributed by atoms with van der Waals surface area (Å²) >= 11 is 0. The topological polar surface area (TPSA) is 124 Å². The zero-order valence-electron chi connectivity index (χ0n) is 22.5. The lowest BCUT2D eigenvalue weighted by molar-refractivity contribution is -0.0722. The molecule has 210 valence electrons. The summed E-state index contributed by atoms with van der Waals surface area (Å²) in [4.78, 5) is 4.89. The van der Waals surface area contributed by atoms with Gasteiger partial charge in [0.1, 0.15) is 12.4 Å². The zero-order chi connectivity index (χ0) is 26.9. The lowest BCUT2D eigenvalue weighted by atomic mass is 10.0. The van der Waals surface area contributed by atoms with E-state index in [-0.39, 0.29) is 12.5 Å². The number of nitrogens with one attached hydrogen (secondary N) is 1. The summed E-state index contributed by atoms with van der Waals surface area (Å²) in [6.07, 6.45) is 8.03. The van der Waals surface area contributed by atoms with E-state index < -0.39 is 5.54 Å². The Morgan fingerprint density at radius 3 is 2.38 bits per heavy atom. The molecule has 0 saturated carbocycles. The summed E-state index contributed by atoms with van der Waals surface area (Å²) in [5.41, 5.74) is 8.65. The minimum Gasteiger partial charge on any atom is -0.491 e. The molecule has 11 nitrogen and oxygen atoms in total. The van der Waals surface area contributed by atoms with Crippen molar-refractivity contribution < 1.29 is 18.9 Å². The van der Waals surface area contributed by atoms with E-state index in [9.17, 15) is 0 Å². The fourth-order valence-corrected chi connectivity index (χ4v) is 5.43. The van der Waals surface area contributed by atoms with Gasteiger partial charge in [-0.2, -0.15) is 10.1 Å². The summed E-state index contributed by atoms with van der Waals surface area (Å²) in [6.45, 7) is 2.97. The van der Waals surface area contributed by atoms with E-state index in [4.69, 9.17) is 34.8 Å². The first-order valence-electron chi connectivity index (χ1n) is 14.2. The molecule has 3 aliphatic heterocycles. The van der Waals surface area contributed by atoms with E-state index in [0.29, 0.717) is 38.2 Å². The van der Waals surface area contributed by atoms with Gasteiger partial charge in [-0.05, 0) is 81.0 Å².